The Morgan fingerprint density at radius 1 is 1.15 bits per heavy atom. The molecule has 3 aromatic rings. The summed E-state index contributed by atoms with van der Waals surface area (Å²) in [6, 6.07) is 13.1. The third-order valence-corrected chi connectivity index (χ3v) is 3.84. The van der Waals surface area contributed by atoms with E-state index in [1.54, 1.807) is 12.1 Å². The quantitative estimate of drug-likeness (QED) is 0.685. The second-order valence-electron chi connectivity index (χ2n) is 4.80. The molecule has 0 bridgehead atoms. The maximum Gasteiger partial charge on any atom is 0.138 e. The van der Waals surface area contributed by atoms with E-state index in [1.165, 1.54) is 0 Å². The fraction of sp³-hybridized carbons (Fsp3) is 0.125. The molecular formula is C16H12BrClO2. The molecular weight excluding hydrogens is 340 g/mol. The predicted octanol–water partition coefficient (Wildman–Crippen LogP) is 5.24. The van der Waals surface area contributed by atoms with E-state index >= 15 is 0 Å². The fourth-order valence-electron chi connectivity index (χ4n) is 2.22. The lowest BCUT2D eigenvalue weighted by atomic mass is 10.1. The minimum atomic E-state index is -0.835. The van der Waals surface area contributed by atoms with Crippen LogP contribution in [-0.2, 0) is 0 Å². The molecule has 0 fully saturated rings. The molecule has 0 spiro atoms. The highest BCUT2D eigenvalue weighted by Gasteiger charge is 2.16. The van der Waals surface area contributed by atoms with Gasteiger partial charge in [-0.2, -0.15) is 0 Å². The number of aliphatic hydroxyl groups is 1. The van der Waals surface area contributed by atoms with Crippen LogP contribution in [-0.4, -0.2) is 5.11 Å². The van der Waals surface area contributed by atoms with Crippen LogP contribution >= 0.6 is 27.5 Å². The Morgan fingerprint density at radius 2 is 1.95 bits per heavy atom. The molecule has 0 saturated carbocycles. The zero-order chi connectivity index (χ0) is 14.3. The standard InChI is InChI=1S/C16H12BrClO2/c1-9-2-3-14-10(4-9)7-15(20-14)16(19)11-5-12(17)8-13(18)6-11/h2-8,16,19H,1H3. The van der Waals surface area contributed by atoms with Gasteiger partial charge >= 0.3 is 0 Å². The van der Waals surface area contributed by atoms with E-state index in [4.69, 9.17) is 16.0 Å². The van der Waals surface area contributed by atoms with Crippen molar-refractivity contribution in [3.63, 3.8) is 0 Å². The number of hydrogen-bond acceptors (Lipinski definition) is 2. The van der Waals surface area contributed by atoms with Crippen LogP contribution in [0.25, 0.3) is 11.0 Å². The van der Waals surface area contributed by atoms with Crippen LogP contribution in [0, 0.1) is 6.92 Å². The zero-order valence-corrected chi connectivity index (χ0v) is 13.1. The minimum absolute atomic E-state index is 0.514. The number of aryl methyl sites for hydroxylation is 1. The Hall–Kier alpha value is -1.29. The van der Waals surface area contributed by atoms with E-state index in [0.29, 0.717) is 16.3 Å². The van der Waals surface area contributed by atoms with Crippen LogP contribution in [0.5, 0.6) is 0 Å². The van der Waals surface area contributed by atoms with Gasteiger partial charge in [0.05, 0.1) is 0 Å². The number of hydrogen-bond donors (Lipinski definition) is 1. The molecule has 2 nitrogen and oxygen atoms in total. The lowest BCUT2D eigenvalue weighted by Gasteiger charge is -2.09. The van der Waals surface area contributed by atoms with Gasteiger partial charge in [0.25, 0.3) is 0 Å². The van der Waals surface area contributed by atoms with Crippen molar-refractivity contribution in [2.24, 2.45) is 0 Å². The van der Waals surface area contributed by atoms with E-state index in [2.05, 4.69) is 15.9 Å². The first-order valence-electron chi connectivity index (χ1n) is 6.17. The number of furan rings is 1. The molecule has 1 unspecified atom stereocenters. The van der Waals surface area contributed by atoms with Gasteiger partial charge in [0, 0.05) is 14.9 Å². The SMILES string of the molecule is Cc1ccc2oc(C(O)c3cc(Cl)cc(Br)c3)cc2c1. The van der Waals surface area contributed by atoms with Gasteiger partial charge in [-0.3, -0.25) is 0 Å². The molecule has 2 aromatic carbocycles. The number of halogens is 2. The summed E-state index contributed by atoms with van der Waals surface area (Å²) in [4.78, 5) is 0. The number of benzene rings is 2. The molecule has 0 radical (unpaired) electrons. The highest BCUT2D eigenvalue weighted by molar-refractivity contribution is 9.10. The van der Waals surface area contributed by atoms with Crippen molar-refractivity contribution >= 4 is 38.5 Å². The molecule has 0 saturated heterocycles. The van der Waals surface area contributed by atoms with Gasteiger partial charge in [-0.25, -0.2) is 0 Å². The summed E-state index contributed by atoms with van der Waals surface area (Å²) in [5.41, 5.74) is 2.62. The lowest BCUT2D eigenvalue weighted by Crippen LogP contribution is -1.97. The third kappa shape index (κ3) is 2.62. The molecule has 0 aliphatic heterocycles. The summed E-state index contributed by atoms with van der Waals surface area (Å²) in [5, 5.41) is 12.0. The molecule has 1 heterocycles. The summed E-state index contributed by atoms with van der Waals surface area (Å²) in [6.07, 6.45) is -0.835. The van der Waals surface area contributed by atoms with Crippen molar-refractivity contribution in [3.8, 4) is 0 Å². The molecule has 3 rings (SSSR count). The van der Waals surface area contributed by atoms with E-state index in [1.807, 2.05) is 37.3 Å². The van der Waals surface area contributed by atoms with Crippen LogP contribution in [0.4, 0.5) is 0 Å². The van der Waals surface area contributed by atoms with Crippen molar-refractivity contribution < 1.29 is 9.52 Å². The van der Waals surface area contributed by atoms with Gasteiger partial charge in [-0.1, -0.05) is 39.2 Å². The summed E-state index contributed by atoms with van der Waals surface area (Å²) >= 11 is 9.38. The second kappa shape index (κ2) is 5.24. The Morgan fingerprint density at radius 3 is 2.70 bits per heavy atom. The number of aliphatic hydroxyl groups excluding tert-OH is 1. The molecule has 0 aliphatic rings. The average molecular weight is 352 g/mol. The lowest BCUT2D eigenvalue weighted by molar-refractivity contribution is 0.192. The van der Waals surface area contributed by atoms with Crippen molar-refractivity contribution in [2.45, 2.75) is 13.0 Å². The first-order valence-corrected chi connectivity index (χ1v) is 7.34. The molecule has 1 aromatic heterocycles. The van der Waals surface area contributed by atoms with E-state index < -0.39 is 6.10 Å². The monoisotopic (exact) mass is 350 g/mol. The average Bonchev–Trinajstić information content (AvgIpc) is 2.79. The largest absolute Gasteiger partial charge is 0.458 e. The smallest absolute Gasteiger partial charge is 0.138 e. The Bertz CT molecular complexity index is 759. The molecule has 102 valence electrons. The molecule has 20 heavy (non-hydrogen) atoms. The van der Waals surface area contributed by atoms with E-state index in [0.717, 1.165) is 21.0 Å². The third-order valence-electron chi connectivity index (χ3n) is 3.16. The Balaban J connectivity index is 2.05. The van der Waals surface area contributed by atoms with E-state index in [-0.39, 0.29) is 0 Å². The maximum absolute atomic E-state index is 10.4. The Kier molecular flexibility index (Phi) is 3.59. The van der Waals surface area contributed by atoms with Crippen molar-refractivity contribution in [1.29, 1.82) is 0 Å². The van der Waals surface area contributed by atoms with Crippen LogP contribution in [0.2, 0.25) is 5.02 Å². The number of fused-ring (bicyclic) bond motifs is 1. The van der Waals surface area contributed by atoms with Gasteiger partial charge in [0.2, 0.25) is 0 Å². The highest BCUT2D eigenvalue weighted by Crippen LogP contribution is 2.31. The molecule has 0 aliphatic carbocycles. The summed E-state index contributed by atoms with van der Waals surface area (Å²) in [7, 11) is 0. The van der Waals surface area contributed by atoms with Crippen molar-refractivity contribution in [2.75, 3.05) is 0 Å². The molecule has 1 atom stereocenters. The van der Waals surface area contributed by atoms with Gasteiger partial charge in [0.1, 0.15) is 17.4 Å². The zero-order valence-electron chi connectivity index (χ0n) is 10.7. The van der Waals surface area contributed by atoms with Crippen LogP contribution < -0.4 is 0 Å². The predicted molar refractivity (Wildman–Crippen MR) is 84.2 cm³/mol. The van der Waals surface area contributed by atoms with Gasteiger partial charge in [0.15, 0.2) is 0 Å². The molecule has 4 heteroatoms. The van der Waals surface area contributed by atoms with Crippen LogP contribution in [0.1, 0.15) is 23.0 Å². The highest BCUT2D eigenvalue weighted by atomic mass is 79.9. The van der Waals surface area contributed by atoms with Crippen LogP contribution in [0.3, 0.4) is 0 Å². The minimum Gasteiger partial charge on any atom is -0.458 e. The summed E-state index contributed by atoms with van der Waals surface area (Å²) in [6.45, 7) is 2.02. The first-order chi connectivity index (χ1) is 9.52. The van der Waals surface area contributed by atoms with Gasteiger partial charge in [-0.15, -0.1) is 0 Å². The summed E-state index contributed by atoms with van der Waals surface area (Å²) < 4.78 is 6.54. The fourth-order valence-corrected chi connectivity index (χ4v) is 3.10. The topological polar surface area (TPSA) is 33.4 Å². The Labute approximate surface area is 130 Å². The van der Waals surface area contributed by atoms with Gasteiger partial charge < -0.3 is 9.52 Å². The van der Waals surface area contributed by atoms with Crippen molar-refractivity contribution in [3.05, 3.63) is 68.8 Å². The second-order valence-corrected chi connectivity index (χ2v) is 6.15. The molecule has 1 N–H and O–H groups in total. The normalized spacial score (nSPS) is 12.8. The van der Waals surface area contributed by atoms with Crippen LogP contribution in [0.15, 0.2) is 51.4 Å². The first kappa shape index (κ1) is 13.7. The molecule has 0 amide bonds. The van der Waals surface area contributed by atoms with E-state index in [9.17, 15) is 5.11 Å². The van der Waals surface area contributed by atoms with Crippen molar-refractivity contribution in [1.82, 2.24) is 0 Å². The summed E-state index contributed by atoms with van der Waals surface area (Å²) in [5.74, 6) is 0.514. The maximum atomic E-state index is 10.4. The number of rotatable bonds is 2. The van der Waals surface area contributed by atoms with Gasteiger partial charge in [-0.05, 0) is 48.9 Å².